The van der Waals surface area contributed by atoms with Gasteiger partial charge in [-0.1, -0.05) is 68.8 Å². The summed E-state index contributed by atoms with van der Waals surface area (Å²) >= 11 is 0. The van der Waals surface area contributed by atoms with Crippen molar-refractivity contribution in [1.29, 1.82) is 0 Å². The second-order valence-corrected chi connectivity index (χ2v) is 8.24. The van der Waals surface area contributed by atoms with E-state index >= 15 is 0 Å². The van der Waals surface area contributed by atoms with Crippen LogP contribution in [0.1, 0.15) is 57.3 Å². The SMILES string of the molecule is CCCCc1cn(C(C)CC)c(=O)n1Cc1ccc(-c2ccccc2-c2nn[nH]n2)cc1. The van der Waals surface area contributed by atoms with E-state index in [2.05, 4.69) is 77.9 Å². The summed E-state index contributed by atoms with van der Waals surface area (Å²) in [5.41, 5.74) is 5.35. The molecule has 7 heteroatoms. The van der Waals surface area contributed by atoms with E-state index in [0.717, 1.165) is 53.6 Å². The minimum atomic E-state index is 0.0805. The van der Waals surface area contributed by atoms with Crippen LogP contribution in [0.4, 0.5) is 0 Å². The lowest BCUT2D eigenvalue weighted by Crippen LogP contribution is -2.27. The summed E-state index contributed by atoms with van der Waals surface area (Å²) in [7, 11) is 0. The summed E-state index contributed by atoms with van der Waals surface area (Å²) in [6.07, 6.45) is 6.10. The second kappa shape index (κ2) is 9.77. The van der Waals surface area contributed by atoms with Crippen LogP contribution in [0.2, 0.25) is 0 Å². The number of aryl methyl sites for hydroxylation is 1. The molecule has 0 bridgehead atoms. The van der Waals surface area contributed by atoms with E-state index in [9.17, 15) is 4.79 Å². The van der Waals surface area contributed by atoms with E-state index in [1.807, 2.05) is 27.3 Å². The van der Waals surface area contributed by atoms with Crippen molar-refractivity contribution in [3.8, 4) is 22.5 Å². The average Bonchev–Trinajstić information content (AvgIpc) is 3.47. The molecular weight excluding hydrogens is 400 g/mol. The molecule has 2 aromatic heterocycles. The zero-order valence-corrected chi connectivity index (χ0v) is 19.0. The van der Waals surface area contributed by atoms with E-state index < -0.39 is 0 Å². The van der Waals surface area contributed by atoms with Gasteiger partial charge < -0.3 is 0 Å². The fourth-order valence-electron chi connectivity index (χ4n) is 3.96. The highest BCUT2D eigenvalue weighted by molar-refractivity contribution is 5.80. The lowest BCUT2D eigenvalue weighted by Gasteiger charge is -2.10. The molecular formula is C25H30N6O. The summed E-state index contributed by atoms with van der Waals surface area (Å²) in [6, 6.07) is 16.6. The topological polar surface area (TPSA) is 81.4 Å². The molecule has 0 saturated heterocycles. The largest absolute Gasteiger partial charge is 0.328 e. The summed E-state index contributed by atoms with van der Waals surface area (Å²) in [5.74, 6) is 0.572. The Balaban J connectivity index is 1.63. The van der Waals surface area contributed by atoms with Gasteiger partial charge in [-0.25, -0.2) is 4.79 Å². The molecule has 1 atom stereocenters. The number of aromatic amines is 1. The fraction of sp³-hybridized carbons (Fsp3) is 0.360. The van der Waals surface area contributed by atoms with Crippen molar-refractivity contribution in [2.24, 2.45) is 0 Å². The van der Waals surface area contributed by atoms with Gasteiger partial charge in [0.05, 0.1) is 6.54 Å². The Hall–Kier alpha value is -3.48. The summed E-state index contributed by atoms with van der Waals surface area (Å²) in [4.78, 5) is 13.1. The first-order valence-corrected chi connectivity index (χ1v) is 11.3. The molecule has 0 aliphatic carbocycles. The van der Waals surface area contributed by atoms with Crippen molar-refractivity contribution < 1.29 is 0 Å². The number of nitrogens with zero attached hydrogens (tertiary/aromatic N) is 5. The number of nitrogens with one attached hydrogen (secondary N) is 1. The maximum atomic E-state index is 13.1. The van der Waals surface area contributed by atoms with Crippen molar-refractivity contribution >= 4 is 0 Å². The molecule has 2 aromatic carbocycles. The molecule has 32 heavy (non-hydrogen) atoms. The minimum absolute atomic E-state index is 0.0805. The number of unbranched alkanes of at least 4 members (excludes halogenated alkanes) is 1. The van der Waals surface area contributed by atoms with Crippen LogP contribution in [-0.2, 0) is 13.0 Å². The first-order valence-electron chi connectivity index (χ1n) is 11.3. The lowest BCUT2D eigenvalue weighted by molar-refractivity contribution is 0.504. The van der Waals surface area contributed by atoms with E-state index in [4.69, 9.17) is 0 Å². The summed E-state index contributed by atoms with van der Waals surface area (Å²) < 4.78 is 3.82. The van der Waals surface area contributed by atoms with Crippen LogP contribution in [0.15, 0.2) is 59.5 Å². The van der Waals surface area contributed by atoms with E-state index in [1.165, 1.54) is 0 Å². The maximum Gasteiger partial charge on any atom is 0.328 e. The molecule has 0 aliphatic heterocycles. The van der Waals surface area contributed by atoms with Crippen LogP contribution in [0, 0.1) is 0 Å². The first-order chi connectivity index (χ1) is 15.6. The minimum Gasteiger partial charge on any atom is -0.296 e. The van der Waals surface area contributed by atoms with Gasteiger partial charge >= 0.3 is 5.69 Å². The molecule has 0 spiro atoms. The second-order valence-electron chi connectivity index (χ2n) is 8.24. The molecule has 1 unspecified atom stereocenters. The molecule has 166 valence electrons. The number of aromatic nitrogens is 6. The molecule has 0 fully saturated rings. The van der Waals surface area contributed by atoms with E-state index in [-0.39, 0.29) is 11.7 Å². The molecule has 7 nitrogen and oxygen atoms in total. The number of tetrazole rings is 1. The maximum absolute atomic E-state index is 13.1. The van der Waals surface area contributed by atoms with Crippen LogP contribution in [0.25, 0.3) is 22.5 Å². The van der Waals surface area contributed by atoms with Gasteiger partial charge in [0.1, 0.15) is 0 Å². The van der Waals surface area contributed by atoms with Crippen molar-refractivity contribution in [2.45, 2.75) is 59.0 Å². The lowest BCUT2D eigenvalue weighted by atomic mass is 9.98. The zero-order chi connectivity index (χ0) is 22.5. The Kier molecular flexibility index (Phi) is 6.63. The average molecular weight is 431 g/mol. The number of imidazole rings is 1. The van der Waals surface area contributed by atoms with Gasteiger partial charge in [0.2, 0.25) is 5.82 Å². The Labute approximate surface area is 188 Å². The monoisotopic (exact) mass is 430 g/mol. The number of hydrogen-bond donors (Lipinski definition) is 1. The Morgan fingerprint density at radius 3 is 2.44 bits per heavy atom. The third-order valence-electron chi connectivity index (χ3n) is 6.06. The van der Waals surface area contributed by atoms with Crippen molar-refractivity contribution in [3.05, 3.63) is 76.5 Å². The molecule has 0 radical (unpaired) electrons. The predicted octanol–water partition coefficient (Wildman–Crippen LogP) is 4.86. The highest BCUT2D eigenvalue weighted by Crippen LogP contribution is 2.29. The molecule has 0 aliphatic rings. The van der Waals surface area contributed by atoms with Gasteiger partial charge in [-0.05, 0) is 48.1 Å². The Bertz CT molecular complexity index is 1200. The van der Waals surface area contributed by atoms with Crippen molar-refractivity contribution in [1.82, 2.24) is 29.8 Å². The van der Waals surface area contributed by atoms with Crippen molar-refractivity contribution in [3.63, 3.8) is 0 Å². The van der Waals surface area contributed by atoms with Crippen LogP contribution >= 0.6 is 0 Å². The Morgan fingerprint density at radius 2 is 1.78 bits per heavy atom. The quantitative estimate of drug-likeness (QED) is 0.411. The summed E-state index contributed by atoms with van der Waals surface area (Å²) in [6.45, 7) is 6.98. The number of benzene rings is 2. The predicted molar refractivity (Wildman–Crippen MR) is 126 cm³/mol. The van der Waals surface area contributed by atoms with Gasteiger partial charge in [-0.3, -0.25) is 9.13 Å². The molecule has 2 heterocycles. The van der Waals surface area contributed by atoms with Crippen LogP contribution in [-0.4, -0.2) is 29.8 Å². The van der Waals surface area contributed by atoms with Gasteiger partial charge in [-0.15, -0.1) is 10.2 Å². The van der Waals surface area contributed by atoms with Crippen LogP contribution in [0.3, 0.4) is 0 Å². The highest BCUT2D eigenvalue weighted by Gasteiger charge is 2.15. The number of rotatable bonds is 9. The molecule has 0 saturated carbocycles. The van der Waals surface area contributed by atoms with Gasteiger partial charge in [0, 0.05) is 23.5 Å². The van der Waals surface area contributed by atoms with Gasteiger partial charge in [0.15, 0.2) is 0 Å². The fourth-order valence-corrected chi connectivity index (χ4v) is 3.96. The van der Waals surface area contributed by atoms with E-state index in [0.29, 0.717) is 12.4 Å². The van der Waals surface area contributed by atoms with Crippen LogP contribution in [0.5, 0.6) is 0 Å². The highest BCUT2D eigenvalue weighted by atomic mass is 16.1. The number of hydrogen-bond acceptors (Lipinski definition) is 4. The molecule has 0 amide bonds. The molecule has 1 N–H and O–H groups in total. The number of H-pyrrole nitrogens is 1. The molecule has 4 aromatic rings. The Morgan fingerprint density at radius 1 is 1.03 bits per heavy atom. The third kappa shape index (κ3) is 4.42. The zero-order valence-electron chi connectivity index (χ0n) is 19.0. The molecule has 4 rings (SSSR count). The summed E-state index contributed by atoms with van der Waals surface area (Å²) in [5, 5.41) is 14.5. The first kappa shape index (κ1) is 21.7. The normalized spacial score (nSPS) is 12.2. The van der Waals surface area contributed by atoms with E-state index in [1.54, 1.807) is 0 Å². The smallest absolute Gasteiger partial charge is 0.296 e. The standard InChI is InChI=1S/C25H30N6O/c1-4-6-9-21-17-30(18(3)5-2)25(32)31(21)16-19-12-14-20(15-13-19)22-10-7-8-11-23(22)24-26-28-29-27-24/h7-8,10-15,17-18H,4-6,9,16H2,1-3H3,(H,26,27,28,29). The van der Waals surface area contributed by atoms with Gasteiger partial charge in [0.25, 0.3) is 0 Å². The van der Waals surface area contributed by atoms with Gasteiger partial charge in [-0.2, -0.15) is 5.21 Å². The third-order valence-corrected chi connectivity index (χ3v) is 6.06. The van der Waals surface area contributed by atoms with Crippen molar-refractivity contribution in [2.75, 3.05) is 0 Å². The van der Waals surface area contributed by atoms with Crippen LogP contribution < -0.4 is 5.69 Å².